The van der Waals surface area contributed by atoms with Crippen LogP contribution in [0.15, 0.2) is 72.8 Å². The number of epoxide rings is 2. The van der Waals surface area contributed by atoms with Crippen LogP contribution in [0.25, 0.3) is 0 Å². The third-order valence-corrected chi connectivity index (χ3v) is 5.36. The zero-order valence-corrected chi connectivity index (χ0v) is 20.3. The predicted molar refractivity (Wildman–Crippen MR) is 134 cm³/mol. The Kier molecular flexibility index (Phi) is 8.75. The molecule has 2 aliphatic heterocycles. The van der Waals surface area contributed by atoms with Gasteiger partial charge in [-0.05, 0) is 72.8 Å². The average Bonchev–Trinajstić information content (AvgIpc) is 3.86. The van der Waals surface area contributed by atoms with Crippen molar-refractivity contribution in [3.8, 4) is 34.8 Å². The molecule has 37 heavy (non-hydrogen) atoms. The first-order valence-electron chi connectivity index (χ1n) is 12.0. The Balaban J connectivity index is 0.994. The summed E-state index contributed by atoms with van der Waals surface area (Å²) in [4.78, 5) is 0. The van der Waals surface area contributed by atoms with Gasteiger partial charge in [-0.25, -0.2) is 0 Å². The third kappa shape index (κ3) is 9.01. The van der Waals surface area contributed by atoms with Crippen LogP contribution in [-0.4, -0.2) is 59.0 Å². The van der Waals surface area contributed by atoms with Crippen molar-refractivity contribution in [1.29, 1.82) is 0 Å². The molecular formula is C29H28O8. The van der Waals surface area contributed by atoms with Crippen molar-refractivity contribution in [1.82, 2.24) is 0 Å². The molecule has 5 rings (SSSR count). The molecule has 0 N–H and O–H groups in total. The fourth-order valence-corrected chi connectivity index (χ4v) is 3.12. The lowest BCUT2D eigenvalue weighted by Crippen LogP contribution is -2.08. The molecule has 2 fully saturated rings. The maximum absolute atomic E-state index is 5.67. The summed E-state index contributed by atoms with van der Waals surface area (Å²) in [6, 6.07) is 22.4. The highest BCUT2D eigenvalue weighted by Gasteiger charge is 2.22. The van der Waals surface area contributed by atoms with Crippen molar-refractivity contribution >= 4 is 0 Å². The van der Waals surface area contributed by atoms with E-state index in [0.29, 0.717) is 30.5 Å². The van der Waals surface area contributed by atoms with E-state index in [1.165, 1.54) is 0 Å². The van der Waals surface area contributed by atoms with Crippen LogP contribution in [0.5, 0.6) is 23.0 Å². The monoisotopic (exact) mass is 504 g/mol. The van der Waals surface area contributed by atoms with Gasteiger partial charge in [-0.15, -0.1) is 0 Å². The lowest BCUT2D eigenvalue weighted by molar-refractivity contribution is 0.00806. The molecule has 0 radical (unpaired) electrons. The summed E-state index contributed by atoms with van der Waals surface area (Å²) in [5.41, 5.74) is 1.78. The predicted octanol–water partition coefficient (Wildman–Crippen LogP) is 4.01. The van der Waals surface area contributed by atoms with E-state index in [2.05, 4.69) is 11.8 Å². The minimum atomic E-state index is 0.0869. The Bertz CT molecular complexity index is 1160. The Hall–Kier alpha value is -3.74. The van der Waals surface area contributed by atoms with E-state index in [9.17, 15) is 0 Å². The molecule has 0 aliphatic carbocycles. The molecule has 2 unspecified atom stereocenters. The van der Waals surface area contributed by atoms with E-state index in [-0.39, 0.29) is 32.6 Å². The normalized spacial score (nSPS) is 17.3. The van der Waals surface area contributed by atoms with Crippen molar-refractivity contribution in [3.05, 3.63) is 83.9 Å². The molecule has 192 valence electrons. The molecule has 3 aromatic rings. The Morgan fingerprint density at radius 1 is 0.514 bits per heavy atom. The second-order valence-electron chi connectivity index (χ2n) is 8.35. The third-order valence-electron chi connectivity index (χ3n) is 5.36. The number of hydrogen-bond donors (Lipinski definition) is 0. The summed E-state index contributed by atoms with van der Waals surface area (Å²) in [7, 11) is 0. The van der Waals surface area contributed by atoms with Crippen molar-refractivity contribution in [2.24, 2.45) is 0 Å². The van der Waals surface area contributed by atoms with Gasteiger partial charge in [0.25, 0.3) is 0 Å². The first-order valence-corrected chi connectivity index (χ1v) is 12.0. The number of hydrogen-bond acceptors (Lipinski definition) is 8. The van der Waals surface area contributed by atoms with Crippen LogP contribution in [0.3, 0.4) is 0 Å². The quantitative estimate of drug-likeness (QED) is 0.141. The molecule has 0 aromatic heterocycles. The van der Waals surface area contributed by atoms with Gasteiger partial charge in [0, 0.05) is 11.1 Å². The second kappa shape index (κ2) is 13.0. The van der Waals surface area contributed by atoms with Crippen LogP contribution in [-0.2, 0) is 18.9 Å². The van der Waals surface area contributed by atoms with Gasteiger partial charge in [0.15, 0.2) is 13.6 Å². The highest BCUT2D eigenvalue weighted by atomic mass is 16.7. The van der Waals surface area contributed by atoms with Crippen LogP contribution in [0.2, 0.25) is 0 Å². The molecular weight excluding hydrogens is 476 g/mol. The number of rotatable bonds is 14. The molecule has 2 heterocycles. The summed E-state index contributed by atoms with van der Waals surface area (Å²) in [5.74, 6) is 9.11. The van der Waals surface area contributed by atoms with E-state index in [0.717, 1.165) is 30.1 Å². The SMILES string of the molecule is C(#Cc1ccc(OCOc2ccc(OCOCC3CO3)cc2)cc1)c1ccc(OCOCC2CO2)cc1. The van der Waals surface area contributed by atoms with E-state index in [1.807, 2.05) is 72.8 Å². The zero-order valence-electron chi connectivity index (χ0n) is 20.3. The van der Waals surface area contributed by atoms with Gasteiger partial charge in [0.2, 0.25) is 6.79 Å². The van der Waals surface area contributed by atoms with Crippen molar-refractivity contribution < 1.29 is 37.9 Å². The number of benzene rings is 3. The minimum absolute atomic E-state index is 0.0869. The summed E-state index contributed by atoms with van der Waals surface area (Å²) in [6.07, 6.45) is 0.463. The second-order valence-corrected chi connectivity index (χ2v) is 8.35. The summed E-state index contributed by atoms with van der Waals surface area (Å²) in [5, 5.41) is 0. The molecule has 2 saturated heterocycles. The van der Waals surface area contributed by atoms with Gasteiger partial charge in [-0.2, -0.15) is 0 Å². The molecule has 0 spiro atoms. The molecule has 0 amide bonds. The van der Waals surface area contributed by atoms with Crippen LogP contribution in [0.1, 0.15) is 11.1 Å². The summed E-state index contributed by atoms with van der Waals surface area (Å²) < 4.78 is 43.3. The van der Waals surface area contributed by atoms with E-state index >= 15 is 0 Å². The van der Waals surface area contributed by atoms with Crippen LogP contribution in [0, 0.1) is 11.8 Å². The maximum atomic E-state index is 5.67. The lowest BCUT2D eigenvalue weighted by atomic mass is 10.2. The minimum Gasteiger partial charge on any atom is -0.468 e. The van der Waals surface area contributed by atoms with Crippen molar-refractivity contribution in [2.45, 2.75) is 12.2 Å². The topological polar surface area (TPSA) is 80.4 Å². The molecule has 3 aromatic carbocycles. The van der Waals surface area contributed by atoms with Crippen LogP contribution in [0.4, 0.5) is 0 Å². The van der Waals surface area contributed by atoms with Crippen LogP contribution >= 0.6 is 0 Å². The largest absolute Gasteiger partial charge is 0.468 e. The summed E-state index contributed by atoms with van der Waals surface area (Å²) in [6.45, 7) is 3.16. The molecule has 2 atom stereocenters. The lowest BCUT2D eigenvalue weighted by Gasteiger charge is -2.10. The maximum Gasteiger partial charge on any atom is 0.230 e. The van der Waals surface area contributed by atoms with Gasteiger partial charge in [-0.3, -0.25) is 0 Å². The first-order chi connectivity index (χ1) is 18.3. The Morgan fingerprint density at radius 3 is 1.19 bits per heavy atom. The fourth-order valence-electron chi connectivity index (χ4n) is 3.12. The summed E-state index contributed by atoms with van der Waals surface area (Å²) >= 11 is 0. The fraction of sp³-hybridized carbons (Fsp3) is 0.310. The molecule has 8 nitrogen and oxygen atoms in total. The van der Waals surface area contributed by atoms with Gasteiger partial charge in [0.1, 0.15) is 35.2 Å². The van der Waals surface area contributed by atoms with E-state index in [4.69, 9.17) is 37.9 Å². The van der Waals surface area contributed by atoms with Gasteiger partial charge in [0.05, 0.1) is 26.4 Å². The van der Waals surface area contributed by atoms with Gasteiger partial charge >= 0.3 is 0 Å². The smallest absolute Gasteiger partial charge is 0.230 e. The molecule has 0 bridgehead atoms. The van der Waals surface area contributed by atoms with Crippen LogP contribution < -0.4 is 18.9 Å². The highest BCUT2D eigenvalue weighted by Crippen LogP contribution is 2.19. The molecule has 2 aliphatic rings. The molecule has 8 heteroatoms. The van der Waals surface area contributed by atoms with Gasteiger partial charge in [-0.1, -0.05) is 11.8 Å². The number of ether oxygens (including phenoxy) is 8. The first kappa shape index (κ1) is 24.9. The average molecular weight is 505 g/mol. The van der Waals surface area contributed by atoms with E-state index < -0.39 is 0 Å². The van der Waals surface area contributed by atoms with Crippen molar-refractivity contribution in [2.75, 3.05) is 46.8 Å². The van der Waals surface area contributed by atoms with Gasteiger partial charge < -0.3 is 37.9 Å². The Labute approximate surface area is 215 Å². The zero-order chi connectivity index (χ0) is 25.1. The highest BCUT2D eigenvalue weighted by molar-refractivity contribution is 5.45. The standard InChI is InChI=1S/C29H28O8/c1(22-3-7-24(8-4-22)34-19-30-15-28-17-32-28)2-23-5-9-25(10-6-23)36-21-37-27-13-11-26(12-14-27)35-20-31-16-29-18-33-29/h3-14,28-29H,15-21H2. The van der Waals surface area contributed by atoms with Crippen molar-refractivity contribution in [3.63, 3.8) is 0 Å². The van der Waals surface area contributed by atoms with E-state index in [1.54, 1.807) is 0 Å². The molecule has 0 saturated carbocycles. The Morgan fingerprint density at radius 2 is 0.838 bits per heavy atom.